The lowest BCUT2D eigenvalue weighted by Gasteiger charge is -2.20. The van der Waals surface area contributed by atoms with Gasteiger partial charge in [-0.3, -0.25) is 0 Å². The highest BCUT2D eigenvalue weighted by Gasteiger charge is 2.17. The van der Waals surface area contributed by atoms with Gasteiger partial charge in [0.15, 0.2) is 0 Å². The lowest BCUT2D eigenvalue weighted by atomic mass is 9.84. The monoisotopic (exact) mass is 438 g/mol. The molecule has 0 aliphatic carbocycles. The summed E-state index contributed by atoms with van der Waals surface area (Å²) in [5.41, 5.74) is 4.58. The van der Waals surface area contributed by atoms with E-state index in [2.05, 4.69) is 45.0 Å². The molecule has 0 aliphatic heterocycles. The number of phenols is 2. The average Bonchev–Trinajstić information content (AvgIpc) is 2.81. The van der Waals surface area contributed by atoms with Crippen molar-refractivity contribution < 1.29 is 10.2 Å². The zero-order valence-electron chi connectivity index (χ0n) is 20.8. The van der Waals surface area contributed by atoms with E-state index in [9.17, 15) is 10.2 Å². The predicted octanol–water partition coefficient (Wildman–Crippen LogP) is 9.06. The zero-order valence-corrected chi connectivity index (χ0v) is 20.8. The summed E-state index contributed by atoms with van der Waals surface area (Å²) >= 11 is 0. The number of rotatable bonds is 16. The molecule has 2 aromatic carbocycles. The molecule has 0 spiro atoms. The smallest absolute Gasteiger partial charge is 0.118 e. The normalized spacial score (nSPS) is 11.4. The minimum Gasteiger partial charge on any atom is -0.508 e. The van der Waals surface area contributed by atoms with E-state index < -0.39 is 0 Å². The van der Waals surface area contributed by atoms with Crippen molar-refractivity contribution in [2.75, 3.05) is 0 Å². The van der Waals surface area contributed by atoms with Gasteiger partial charge >= 0.3 is 0 Å². The number of benzene rings is 2. The van der Waals surface area contributed by atoms with Crippen molar-refractivity contribution in [1.82, 2.24) is 0 Å². The first-order valence-electron chi connectivity index (χ1n) is 13.2. The van der Waals surface area contributed by atoms with E-state index in [-0.39, 0.29) is 0 Å². The summed E-state index contributed by atoms with van der Waals surface area (Å²) in [5, 5.41) is 20.3. The van der Waals surface area contributed by atoms with Gasteiger partial charge in [-0.15, -0.1) is 0 Å². The molecule has 178 valence electrons. The summed E-state index contributed by atoms with van der Waals surface area (Å²) in [6.07, 6.45) is 17.7. The molecule has 2 N–H and O–H groups in total. The van der Waals surface area contributed by atoms with Crippen molar-refractivity contribution in [2.45, 2.75) is 117 Å². The van der Waals surface area contributed by atoms with Gasteiger partial charge in [-0.2, -0.15) is 0 Å². The van der Waals surface area contributed by atoms with Gasteiger partial charge in [-0.05, 0) is 53.6 Å². The number of hydrogen-bond donors (Lipinski definition) is 2. The van der Waals surface area contributed by atoms with E-state index in [1.807, 2.05) is 12.1 Å². The Labute approximate surface area is 197 Å². The van der Waals surface area contributed by atoms with Gasteiger partial charge in [0.2, 0.25) is 0 Å². The molecule has 0 aliphatic rings. The van der Waals surface area contributed by atoms with Crippen LogP contribution < -0.4 is 0 Å². The fourth-order valence-electron chi connectivity index (χ4n) is 4.75. The molecule has 2 rings (SSSR count). The molecule has 32 heavy (non-hydrogen) atoms. The highest BCUT2D eigenvalue weighted by molar-refractivity contribution is 5.44. The summed E-state index contributed by atoms with van der Waals surface area (Å²) in [6, 6.07) is 12.2. The van der Waals surface area contributed by atoms with Gasteiger partial charge in [-0.25, -0.2) is 0 Å². The summed E-state index contributed by atoms with van der Waals surface area (Å²) < 4.78 is 0. The fourth-order valence-corrected chi connectivity index (χ4v) is 4.75. The number of aromatic hydroxyl groups is 2. The van der Waals surface area contributed by atoms with Crippen molar-refractivity contribution in [3.05, 3.63) is 58.7 Å². The van der Waals surface area contributed by atoms with Crippen LogP contribution in [0.2, 0.25) is 0 Å². The van der Waals surface area contributed by atoms with E-state index in [4.69, 9.17) is 0 Å². The second-order valence-corrected chi connectivity index (χ2v) is 9.36. The standard InChI is InChI=1S/C30H46O2/c1-4-7-8-9-10-11-12-13-14-15-16-17-28(26-18-20-29(31)24(5-2)22-26)27-19-21-30(32)25(6-3)23-27/h18-23,28,31-32H,4-17H2,1-3H3. The van der Waals surface area contributed by atoms with Crippen LogP contribution in [0.4, 0.5) is 0 Å². The van der Waals surface area contributed by atoms with Crippen LogP contribution >= 0.6 is 0 Å². The Morgan fingerprint density at radius 3 is 1.38 bits per heavy atom. The Morgan fingerprint density at radius 2 is 0.969 bits per heavy atom. The maximum Gasteiger partial charge on any atom is 0.118 e. The highest BCUT2D eigenvalue weighted by Crippen LogP contribution is 2.35. The maximum absolute atomic E-state index is 10.2. The molecule has 0 amide bonds. The molecule has 0 fully saturated rings. The van der Waals surface area contributed by atoms with E-state index in [0.717, 1.165) is 30.4 Å². The molecule has 0 unspecified atom stereocenters. The van der Waals surface area contributed by atoms with E-state index in [1.54, 1.807) is 0 Å². The molecule has 0 heterocycles. The molecule has 0 aromatic heterocycles. The van der Waals surface area contributed by atoms with Crippen LogP contribution in [-0.4, -0.2) is 10.2 Å². The SMILES string of the molecule is CCCCCCCCCCCCCC(c1ccc(O)c(CC)c1)c1ccc(O)c(CC)c1. The van der Waals surface area contributed by atoms with Gasteiger partial charge in [0.25, 0.3) is 0 Å². The lowest BCUT2D eigenvalue weighted by molar-refractivity contribution is 0.468. The summed E-state index contributed by atoms with van der Waals surface area (Å²) in [5.74, 6) is 1.10. The number of unbranched alkanes of at least 4 members (excludes halogenated alkanes) is 10. The molecular weight excluding hydrogens is 392 g/mol. The third-order valence-corrected chi connectivity index (χ3v) is 6.87. The van der Waals surface area contributed by atoms with E-state index >= 15 is 0 Å². The molecule has 0 saturated carbocycles. The first-order valence-corrected chi connectivity index (χ1v) is 13.2. The van der Waals surface area contributed by atoms with Crippen molar-refractivity contribution in [3.63, 3.8) is 0 Å². The van der Waals surface area contributed by atoms with E-state index in [1.165, 1.54) is 81.8 Å². The van der Waals surface area contributed by atoms with Crippen LogP contribution in [0.1, 0.15) is 126 Å². The lowest BCUT2D eigenvalue weighted by Crippen LogP contribution is -2.03. The zero-order chi connectivity index (χ0) is 23.2. The van der Waals surface area contributed by atoms with Crippen LogP contribution in [0.5, 0.6) is 11.5 Å². The van der Waals surface area contributed by atoms with Gasteiger partial charge in [0, 0.05) is 5.92 Å². The van der Waals surface area contributed by atoms with Crippen LogP contribution in [0.25, 0.3) is 0 Å². The fraction of sp³-hybridized carbons (Fsp3) is 0.600. The first kappa shape index (κ1) is 26.3. The summed E-state index contributed by atoms with van der Waals surface area (Å²) in [4.78, 5) is 0. The Kier molecular flexibility index (Phi) is 12.3. The second kappa shape index (κ2) is 15.0. The number of phenolic OH excluding ortho intramolecular Hbond substituents is 2. The maximum atomic E-state index is 10.2. The van der Waals surface area contributed by atoms with Gasteiger partial charge < -0.3 is 10.2 Å². The molecule has 2 aromatic rings. The highest BCUT2D eigenvalue weighted by atomic mass is 16.3. The van der Waals surface area contributed by atoms with Gasteiger partial charge in [0.1, 0.15) is 11.5 Å². The minimum absolute atomic E-state index is 0.311. The van der Waals surface area contributed by atoms with Crippen molar-refractivity contribution in [1.29, 1.82) is 0 Å². The third kappa shape index (κ3) is 8.52. The Bertz CT molecular complexity index is 727. The topological polar surface area (TPSA) is 40.5 Å². The van der Waals surface area contributed by atoms with Crippen molar-refractivity contribution in [2.24, 2.45) is 0 Å². The molecule has 2 nitrogen and oxygen atoms in total. The quantitative estimate of drug-likeness (QED) is 0.257. The summed E-state index contributed by atoms with van der Waals surface area (Å²) in [7, 11) is 0. The Morgan fingerprint density at radius 1 is 0.562 bits per heavy atom. The van der Waals surface area contributed by atoms with Crippen LogP contribution in [0, 0.1) is 0 Å². The van der Waals surface area contributed by atoms with Crippen LogP contribution in [0.15, 0.2) is 36.4 Å². The Balaban J connectivity index is 1.92. The third-order valence-electron chi connectivity index (χ3n) is 6.87. The molecule has 2 heteroatoms. The Hall–Kier alpha value is -1.96. The number of aryl methyl sites for hydroxylation is 2. The van der Waals surface area contributed by atoms with Crippen molar-refractivity contribution >= 4 is 0 Å². The van der Waals surface area contributed by atoms with Crippen LogP contribution in [-0.2, 0) is 12.8 Å². The largest absolute Gasteiger partial charge is 0.508 e. The van der Waals surface area contributed by atoms with Gasteiger partial charge in [0.05, 0.1) is 0 Å². The minimum atomic E-state index is 0.311. The molecule has 0 radical (unpaired) electrons. The second-order valence-electron chi connectivity index (χ2n) is 9.36. The predicted molar refractivity (Wildman–Crippen MR) is 138 cm³/mol. The number of hydrogen-bond acceptors (Lipinski definition) is 2. The molecule has 0 bridgehead atoms. The molecule has 0 atom stereocenters. The molecular formula is C30H46O2. The molecule has 0 saturated heterocycles. The summed E-state index contributed by atoms with van der Waals surface area (Å²) in [6.45, 7) is 6.46. The van der Waals surface area contributed by atoms with E-state index in [0.29, 0.717) is 17.4 Å². The average molecular weight is 439 g/mol. The van der Waals surface area contributed by atoms with Crippen LogP contribution in [0.3, 0.4) is 0 Å². The van der Waals surface area contributed by atoms with Gasteiger partial charge in [-0.1, -0.05) is 116 Å². The first-order chi connectivity index (χ1) is 15.6. The van der Waals surface area contributed by atoms with Crippen molar-refractivity contribution in [3.8, 4) is 11.5 Å².